The number of halogens is 1. The van der Waals surface area contributed by atoms with Crippen LogP contribution in [0.1, 0.15) is 12.8 Å². The van der Waals surface area contributed by atoms with Crippen LogP contribution in [0, 0.1) is 0 Å². The molecule has 0 aromatic carbocycles. The molecule has 0 amide bonds. The predicted molar refractivity (Wildman–Crippen MR) is 43.3 cm³/mol. The summed E-state index contributed by atoms with van der Waals surface area (Å²) in [6.45, 7) is 0. The van der Waals surface area contributed by atoms with Gasteiger partial charge in [-0.2, -0.15) is 0 Å². The van der Waals surface area contributed by atoms with E-state index in [2.05, 4.69) is 0 Å². The quantitative estimate of drug-likeness (QED) is 0.529. The second-order valence-electron chi connectivity index (χ2n) is 1.88. The van der Waals surface area contributed by atoms with Gasteiger partial charge in [-0.05, 0) is 6.42 Å². The van der Waals surface area contributed by atoms with E-state index in [0.29, 0.717) is 0 Å². The van der Waals surface area contributed by atoms with Crippen LogP contribution in [0.25, 0.3) is 0 Å². The van der Waals surface area contributed by atoms with Gasteiger partial charge in [0.1, 0.15) is 6.04 Å². The van der Waals surface area contributed by atoms with Gasteiger partial charge in [0.15, 0.2) is 0 Å². The van der Waals surface area contributed by atoms with E-state index in [-0.39, 0.29) is 30.7 Å². The fourth-order valence-electron chi connectivity index (χ4n) is 0.402. The predicted octanol–water partition coefficient (Wildman–Crippen LogP) is -1.14. The average molecular weight is 202 g/mol. The fourth-order valence-corrected chi connectivity index (χ4v) is 0.402. The largest absolute Gasteiger partial charge is 0.481 e. The zero-order valence-electron chi connectivity index (χ0n) is 6.19. The minimum absolute atomic E-state index is 0. The molecule has 1 atom stereocenters. The van der Waals surface area contributed by atoms with Gasteiger partial charge < -0.3 is 21.4 Å². The van der Waals surface area contributed by atoms with Crippen molar-refractivity contribution in [2.75, 3.05) is 0 Å². The van der Waals surface area contributed by atoms with Crippen LogP contribution in [0.4, 0.5) is 0 Å². The first-order valence-corrected chi connectivity index (χ1v) is 2.74. The highest BCUT2D eigenvalue weighted by molar-refractivity contribution is 5.85. The van der Waals surface area contributed by atoms with Gasteiger partial charge in [0.2, 0.25) is 0 Å². The van der Waals surface area contributed by atoms with Crippen LogP contribution in [0.5, 0.6) is 0 Å². The molecule has 7 heteroatoms. The second-order valence-corrected chi connectivity index (χ2v) is 1.88. The number of carboxylic acid groups (broad SMARTS) is 2. The molecule has 0 fully saturated rings. The van der Waals surface area contributed by atoms with Crippen molar-refractivity contribution in [1.29, 1.82) is 0 Å². The normalized spacial score (nSPS) is 10.4. The minimum atomic E-state index is -1.17. The lowest BCUT2D eigenvalue weighted by molar-refractivity contribution is -0.139. The van der Waals surface area contributed by atoms with Crippen molar-refractivity contribution in [3.05, 3.63) is 0 Å². The number of carboxylic acids is 2. The van der Waals surface area contributed by atoms with E-state index in [9.17, 15) is 9.59 Å². The molecule has 0 radical (unpaired) electrons. The molecule has 12 heavy (non-hydrogen) atoms. The molecular formula is C5H12ClNO5. The molecule has 0 spiro atoms. The summed E-state index contributed by atoms with van der Waals surface area (Å²) >= 11 is 0. The topological polar surface area (TPSA) is 132 Å². The van der Waals surface area contributed by atoms with E-state index in [0.717, 1.165) is 0 Å². The summed E-state index contributed by atoms with van der Waals surface area (Å²) < 4.78 is 0. The fraction of sp³-hybridized carbons (Fsp3) is 0.600. The number of rotatable bonds is 4. The van der Waals surface area contributed by atoms with E-state index < -0.39 is 18.0 Å². The van der Waals surface area contributed by atoms with Crippen molar-refractivity contribution >= 4 is 24.3 Å². The molecule has 0 aromatic heterocycles. The van der Waals surface area contributed by atoms with Gasteiger partial charge in [-0.3, -0.25) is 9.59 Å². The van der Waals surface area contributed by atoms with Crippen molar-refractivity contribution in [2.45, 2.75) is 18.9 Å². The van der Waals surface area contributed by atoms with E-state index in [4.69, 9.17) is 15.9 Å². The Morgan fingerprint density at radius 3 is 2.00 bits per heavy atom. The highest BCUT2D eigenvalue weighted by atomic mass is 35.5. The van der Waals surface area contributed by atoms with Crippen LogP contribution >= 0.6 is 12.4 Å². The standard InChI is InChI=1S/C5H9NO4.ClH.H2O/c6-3(5(9)10)1-2-4(7)8;;/h3H,1-2,6H2,(H,7,8)(H,9,10);1H;1H2. The maximum atomic E-state index is 9.99. The Kier molecular flexibility index (Phi) is 11.9. The number of carbonyl (C=O) groups is 2. The van der Waals surface area contributed by atoms with Crippen LogP contribution in [0.15, 0.2) is 0 Å². The number of hydrogen-bond acceptors (Lipinski definition) is 3. The van der Waals surface area contributed by atoms with Crippen molar-refractivity contribution in [1.82, 2.24) is 0 Å². The lowest BCUT2D eigenvalue weighted by Crippen LogP contribution is -2.30. The monoisotopic (exact) mass is 201 g/mol. The molecule has 0 bridgehead atoms. The van der Waals surface area contributed by atoms with Gasteiger partial charge in [-0.15, -0.1) is 12.4 Å². The lowest BCUT2D eigenvalue weighted by atomic mass is 10.2. The molecule has 0 saturated heterocycles. The molecule has 0 heterocycles. The second kappa shape index (κ2) is 8.25. The molecule has 0 aliphatic heterocycles. The van der Waals surface area contributed by atoms with Crippen LogP contribution in [0.2, 0.25) is 0 Å². The first-order chi connectivity index (χ1) is 4.54. The maximum absolute atomic E-state index is 9.99. The van der Waals surface area contributed by atoms with Crippen molar-refractivity contribution in [3.63, 3.8) is 0 Å². The first kappa shape index (κ1) is 17.3. The molecule has 74 valence electrons. The molecular weight excluding hydrogens is 190 g/mol. The lowest BCUT2D eigenvalue weighted by Gasteiger charge is -2.01. The molecule has 0 aliphatic rings. The summed E-state index contributed by atoms with van der Waals surface area (Å²) in [6, 6.07) is -1.06. The minimum Gasteiger partial charge on any atom is -0.481 e. The third kappa shape index (κ3) is 9.15. The summed E-state index contributed by atoms with van der Waals surface area (Å²) in [5.41, 5.74) is 5.00. The van der Waals surface area contributed by atoms with Gasteiger partial charge >= 0.3 is 11.9 Å². The molecule has 6 N–H and O–H groups in total. The third-order valence-corrected chi connectivity index (χ3v) is 0.986. The van der Waals surface area contributed by atoms with Crippen molar-refractivity contribution in [2.24, 2.45) is 5.73 Å². The Bertz CT molecular complexity index is 151. The molecule has 0 aromatic rings. The van der Waals surface area contributed by atoms with Crippen LogP contribution < -0.4 is 5.73 Å². The van der Waals surface area contributed by atoms with Crippen molar-refractivity contribution in [3.8, 4) is 0 Å². The Balaban J connectivity index is -0.000000405. The van der Waals surface area contributed by atoms with E-state index >= 15 is 0 Å². The van der Waals surface area contributed by atoms with Gasteiger partial charge in [0, 0.05) is 6.42 Å². The zero-order valence-corrected chi connectivity index (χ0v) is 7.00. The molecule has 0 aliphatic carbocycles. The zero-order chi connectivity index (χ0) is 8.15. The SMILES string of the molecule is Cl.NC(CCC(=O)O)C(=O)O.O. The Morgan fingerprint density at radius 1 is 1.33 bits per heavy atom. The Labute approximate surface area is 75.1 Å². The summed E-state index contributed by atoms with van der Waals surface area (Å²) in [7, 11) is 0. The highest BCUT2D eigenvalue weighted by Gasteiger charge is 2.12. The van der Waals surface area contributed by atoms with Crippen LogP contribution in [-0.4, -0.2) is 33.7 Å². The summed E-state index contributed by atoms with van der Waals surface area (Å²) in [4.78, 5) is 19.9. The maximum Gasteiger partial charge on any atom is 0.320 e. The van der Waals surface area contributed by atoms with E-state index in [1.807, 2.05) is 0 Å². The molecule has 1 unspecified atom stereocenters. The van der Waals surface area contributed by atoms with Crippen molar-refractivity contribution < 1.29 is 25.3 Å². The van der Waals surface area contributed by atoms with E-state index in [1.54, 1.807) is 0 Å². The van der Waals surface area contributed by atoms with Gasteiger partial charge in [-0.1, -0.05) is 0 Å². The summed E-state index contributed by atoms with van der Waals surface area (Å²) in [5, 5.41) is 16.3. The van der Waals surface area contributed by atoms with Gasteiger partial charge in [0.25, 0.3) is 0 Å². The smallest absolute Gasteiger partial charge is 0.320 e. The van der Waals surface area contributed by atoms with Gasteiger partial charge in [0.05, 0.1) is 0 Å². The average Bonchev–Trinajstić information content (AvgIpc) is 1.82. The van der Waals surface area contributed by atoms with Crippen LogP contribution in [0.3, 0.4) is 0 Å². The molecule has 6 nitrogen and oxygen atoms in total. The first-order valence-electron chi connectivity index (χ1n) is 2.74. The number of nitrogens with two attached hydrogens (primary N) is 1. The summed E-state index contributed by atoms with van der Waals surface area (Å²) in [5.74, 6) is -2.20. The van der Waals surface area contributed by atoms with E-state index in [1.165, 1.54) is 0 Å². The summed E-state index contributed by atoms with van der Waals surface area (Å²) in [6.07, 6.45) is -0.224. The number of aliphatic carboxylic acids is 2. The third-order valence-electron chi connectivity index (χ3n) is 0.986. The molecule has 0 rings (SSSR count). The van der Waals surface area contributed by atoms with Crippen LogP contribution in [-0.2, 0) is 9.59 Å². The number of hydrogen-bond donors (Lipinski definition) is 3. The Morgan fingerprint density at radius 2 is 1.75 bits per heavy atom. The molecule has 0 saturated carbocycles. The Hall–Kier alpha value is -0.850. The van der Waals surface area contributed by atoms with Gasteiger partial charge in [-0.25, -0.2) is 0 Å². The highest BCUT2D eigenvalue weighted by Crippen LogP contribution is 1.93.